The van der Waals surface area contributed by atoms with Crippen LogP contribution in [0.15, 0.2) is 30.3 Å². The minimum Gasteiger partial charge on any atom is -0.505 e. The minimum atomic E-state index is -0.497. The number of hydrogen-bond donors (Lipinski definition) is 1. The van der Waals surface area contributed by atoms with Gasteiger partial charge in [-0.05, 0) is 12.1 Å². The van der Waals surface area contributed by atoms with Crippen LogP contribution in [0, 0.1) is 0 Å². The third-order valence-corrected chi connectivity index (χ3v) is 4.38. The zero-order valence-electron chi connectivity index (χ0n) is 12.4. The molecule has 0 aliphatic heterocycles. The lowest BCUT2D eigenvalue weighted by Crippen LogP contribution is -2.27. The van der Waals surface area contributed by atoms with E-state index in [0.29, 0.717) is 5.75 Å². The van der Waals surface area contributed by atoms with Gasteiger partial charge in [0.2, 0.25) is 0 Å². The quantitative estimate of drug-likeness (QED) is 0.794. The van der Waals surface area contributed by atoms with Gasteiger partial charge in [0, 0.05) is 19.2 Å². The van der Waals surface area contributed by atoms with Crippen molar-refractivity contribution in [3.8, 4) is 11.5 Å². The molecule has 23 heavy (non-hydrogen) atoms. The molecule has 2 aromatic rings. The van der Waals surface area contributed by atoms with E-state index < -0.39 is 11.7 Å². The first-order chi connectivity index (χ1) is 10.9. The van der Waals surface area contributed by atoms with Gasteiger partial charge in [0.05, 0.1) is 22.2 Å². The Labute approximate surface area is 149 Å². The van der Waals surface area contributed by atoms with Gasteiger partial charge >= 0.3 is 0 Å². The summed E-state index contributed by atoms with van der Waals surface area (Å²) >= 11 is 17.8. The predicted molar refractivity (Wildman–Crippen MR) is 91.9 cm³/mol. The molecule has 2 aromatic carbocycles. The largest absolute Gasteiger partial charge is 0.505 e. The van der Waals surface area contributed by atoms with Gasteiger partial charge < -0.3 is 14.7 Å². The van der Waals surface area contributed by atoms with Crippen molar-refractivity contribution in [2.45, 2.75) is 6.54 Å². The van der Waals surface area contributed by atoms with E-state index in [-0.39, 0.29) is 27.2 Å². The fraction of sp³-hybridized carbons (Fsp3) is 0.188. The van der Waals surface area contributed by atoms with E-state index in [0.717, 1.165) is 5.56 Å². The van der Waals surface area contributed by atoms with Gasteiger partial charge in [-0.25, -0.2) is 0 Å². The van der Waals surface area contributed by atoms with E-state index >= 15 is 0 Å². The number of rotatable bonds is 4. The molecule has 1 N–H and O–H groups in total. The Morgan fingerprint density at radius 1 is 1.22 bits per heavy atom. The van der Waals surface area contributed by atoms with Crippen molar-refractivity contribution in [1.82, 2.24) is 4.90 Å². The minimum absolute atomic E-state index is 0.0339. The SMILES string of the molecule is COc1ccccc1CN(C)C(=O)c1c(O)c(Cl)cc(Cl)c1Cl. The Bertz CT molecular complexity index is 723. The molecule has 122 valence electrons. The number of amides is 1. The number of benzene rings is 2. The van der Waals surface area contributed by atoms with Gasteiger partial charge in [0.1, 0.15) is 17.1 Å². The zero-order valence-corrected chi connectivity index (χ0v) is 14.7. The lowest BCUT2D eigenvalue weighted by atomic mass is 10.1. The number of carbonyl (C=O) groups excluding carboxylic acids is 1. The molecule has 4 nitrogen and oxygen atoms in total. The first-order valence-corrected chi connectivity index (χ1v) is 7.74. The Kier molecular flexibility index (Phi) is 5.63. The molecule has 0 saturated carbocycles. The molecule has 7 heteroatoms. The average Bonchev–Trinajstić information content (AvgIpc) is 2.53. The summed E-state index contributed by atoms with van der Waals surface area (Å²) in [4.78, 5) is 14.0. The molecule has 0 unspecified atom stereocenters. The number of aromatic hydroxyl groups is 1. The van der Waals surface area contributed by atoms with Gasteiger partial charge in [-0.2, -0.15) is 0 Å². The molecule has 1 amide bonds. The number of carbonyl (C=O) groups is 1. The van der Waals surface area contributed by atoms with Crippen LogP contribution >= 0.6 is 34.8 Å². The fourth-order valence-electron chi connectivity index (χ4n) is 2.13. The Hall–Kier alpha value is -1.62. The van der Waals surface area contributed by atoms with E-state index in [9.17, 15) is 9.90 Å². The topological polar surface area (TPSA) is 49.8 Å². The number of hydrogen-bond acceptors (Lipinski definition) is 3. The van der Waals surface area contributed by atoms with Gasteiger partial charge in [0.15, 0.2) is 0 Å². The maximum absolute atomic E-state index is 12.6. The number of phenolic OH excluding ortho intramolecular Hbond substituents is 1. The maximum Gasteiger partial charge on any atom is 0.259 e. The number of methoxy groups -OCH3 is 1. The summed E-state index contributed by atoms with van der Waals surface area (Å²) in [6, 6.07) is 8.61. The highest BCUT2D eigenvalue weighted by atomic mass is 35.5. The van der Waals surface area contributed by atoms with Crippen LogP contribution in [0.25, 0.3) is 0 Å². The second-order valence-electron chi connectivity index (χ2n) is 4.85. The Morgan fingerprint density at radius 2 is 1.87 bits per heavy atom. The number of phenols is 1. The first kappa shape index (κ1) is 17.7. The van der Waals surface area contributed by atoms with E-state index in [1.807, 2.05) is 18.2 Å². The van der Waals surface area contributed by atoms with Crippen LogP contribution in [0.5, 0.6) is 11.5 Å². The molecule has 0 saturated heterocycles. The van der Waals surface area contributed by atoms with E-state index in [2.05, 4.69) is 0 Å². The molecule has 0 fully saturated rings. The van der Waals surface area contributed by atoms with E-state index in [1.54, 1.807) is 20.2 Å². The molecule has 0 bridgehead atoms. The van der Waals surface area contributed by atoms with Crippen molar-refractivity contribution in [1.29, 1.82) is 0 Å². The highest BCUT2D eigenvalue weighted by Crippen LogP contribution is 2.39. The zero-order chi connectivity index (χ0) is 17.1. The van der Waals surface area contributed by atoms with Crippen LogP contribution in [0.3, 0.4) is 0 Å². The summed E-state index contributed by atoms with van der Waals surface area (Å²) in [6.07, 6.45) is 0. The highest BCUT2D eigenvalue weighted by molar-refractivity contribution is 6.45. The second-order valence-corrected chi connectivity index (χ2v) is 6.04. The molecule has 2 rings (SSSR count). The highest BCUT2D eigenvalue weighted by Gasteiger charge is 2.24. The molecule has 0 heterocycles. The van der Waals surface area contributed by atoms with E-state index in [1.165, 1.54) is 11.0 Å². The third-order valence-electron chi connectivity index (χ3n) is 3.31. The number of ether oxygens (including phenoxy) is 1. The van der Waals surface area contributed by atoms with Crippen LogP contribution in [0.4, 0.5) is 0 Å². The number of para-hydroxylation sites is 1. The summed E-state index contributed by atoms with van der Waals surface area (Å²) in [5.74, 6) is -0.229. The van der Waals surface area contributed by atoms with Crippen molar-refractivity contribution in [3.63, 3.8) is 0 Å². The number of halogens is 3. The predicted octanol–water partition coefficient (Wildman–Crippen LogP) is 4.63. The Balaban J connectivity index is 2.34. The average molecular weight is 375 g/mol. The summed E-state index contributed by atoms with van der Waals surface area (Å²) < 4.78 is 5.26. The van der Waals surface area contributed by atoms with Crippen LogP contribution in [0.1, 0.15) is 15.9 Å². The van der Waals surface area contributed by atoms with E-state index in [4.69, 9.17) is 39.5 Å². The summed E-state index contributed by atoms with van der Waals surface area (Å²) in [5, 5.41) is 10.1. The molecule has 0 aliphatic carbocycles. The Morgan fingerprint density at radius 3 is 2.52 bits per heavy atom. The summed E-state index contributed by atoms with van der Waals surface area (Å²) in [6.45, 7) is 0.267. The first-order valence-electron chi connectivity index (χ1n) is 6.60. The van der Waals surface area contributed by atoms with Crippen LogP contribution in [-0.4, -0.2) is 30.1 Å². The fourth-order valence-corrected chi connectivity index (χ4v) is 2.82. The monoisotopic (exact) mass is 373 g/mol. The summed E-state index contributed by atoms with van der Waals surface area (Å²) in [5.41, 5.74) is 0.691. The van der Waals surface area contributed by atoms with Gasteiger partial charge in [-0.3, -0.25) is 4.79 Å². The molecular weight excluding hydrogens is 361 g/mol. The van der Waals surface area contributed by atoms with Crippen molar-refractivity contribution in [2.75, 3.05) is 14.2 Å². The van der Waals surface area contributed by atoms with Crippen molar-refractivity contribution < 1.29 is 14.6 Å². The molecule has 0 aromatic heterocycles. The van der Waals surface area contributed by atoms with Gasteiger partial charge in [-0.15, -0.1) is 0 Å². The molecule has 0 aliphatic rings. The number of nitrogens with zero attached hydrogens (tertiary/aromatic N) is 1. The maximum atomic E-state index is 12.6. The molecule has 0 spiro atoms. The van der Waals surface area contributed by atoms with Gasteiger partial charge in [0.25, 0.3) is 5.91 Å². The van der Waals surface area contributed by atoms with Crippen LogP contribution < -0.4 is 4.74 Å². The van der Waals surface area contributed by atoms with Crippen LogP contribution in [-0.2, 0) is 6.54 Å². The molecular formula is C16H14Cl3NO3. The van der Waals surface area contributed by atoms with Crippen LogP contribution in [0.2, 0.25) is 15.1 Å². The molecule has 0 radical (unpaired) electrons. The molecule has 0 atom stereocenters. The summed E-state index contributed by atoms with van der Waals surface area (Å²) in [7, 11) is 3.14. The normalized spacial score (nSPS) is 10.5. The van der Waals surface area contributed by atoms with Crippen molar-refractivity contribution in [3.05, 3.63) is 56.5 Å². The second kappa shape index (κ2) is 7.30. The lowest BCUT2D eigenvalue weighted by molar-refractivity contribution is 0.0781. The standard InChI is InChI=1S/C16H14Cl3NO3/c1-20(8-9-5-3-4-6-12(9)23-2)16(22)13-14(19)10(17)7-11(18)15(13)21/h3-7,21H,8H2,1-2H3. The smallest absolute Gasteiger partial charge is 0.259 e. The van der Waals surface area contributed by atoms with Crippen molar-refractivity contribution >= 4 is 40.7 Å². The third kappa shape index (κ3) is 3.66. The van der Waals surface area contributed by atoms with Crippen molar-refractivity contribution in [2.24, 2.45) is 0 Å². The van der Waals surface area contributed by atoms with Gasteiger partial charge in [-0.1, -0.05) is 53.0 Å². The lowest BCUT2D eigenvalue weighted by Gasteiger charge is -2.20.